The Morgan fingerprint density at radius 2 is 1.90 bits per heavy atom. The lowest BCUT2D eigenvalue weighted by molar-refractivity contribution is 0.310. The molecule has 0 atom stereocenters. The summed E-state index contributed by atoms with van der Waals surface area (Å²) < 4.78 is 26.8. The third-order valence-electron chi connectivity index (χ3n) is 2.85. The topological polar surface area (TPSA) is 63.4 Å². The molecular formula is C16H24N2O2S. The summed E-state index contributed by atoms with van der Waals surface area (Å²) in [6, 6.07) is 5.18. The van der Waals surface area contributed by atoms with Crippen molar-refractivity contribution in [3.63, 3.8) is 0 Å². The van der Waals surface area contributed by atoms with Gasteiger partial charge in [0.1, 0.15) is 0 Å². The Morgan fingerprint density at radius 3 is 2.43 bits per heavy atom. The summed E-state index contributed by atoms with van der Waals surface area (Å²) in [5.41, 5.74) is 6.74. The minimum absolute atomic E-state index is 0.115. The molecule has 0 fully saturated rings. The summed E-state index contributed by atoms with van der Waals surface area (Å²) >= 11 is 0. The molecule has 4 nitrogen and oxygen atoms in total. The van der Waals surface area contributed by atoms with E-state index in [1.165, 1.54) is 4.31 Å². The van der Waals surface area contributed by atoms with E-state index in [2.05, 4.69) is 11.8 Å². The molecule has 0 aliphatic rings. The molecule has 0 saturated carbocycles. The van der Waals surface area contributed by atoms with E-state index in [0.29, 0.717) is 12.1 Å². The van der Waals surface area contributed by atoms with Crippen LogP contribution >= 0.6 is 0 Å². The van der Waals surface area contributed by atoms with Crippen molar-refractivity contribution in [2.45, 2.75) is 32.6 Å². The maximum Gasteiger partial charge on any atom is 0.244 e. The lowest BCUT2D eigenvalue weighted by atomic mass is 9.97. The summed E-state index contributed by atoms with van der Waals surface area (Å²) in [5.74, 6) is 5.58. The lowest BCUT2D eigenvalue weighted by Gasteiger charge is -2.26. The maximum absolute atomic E-state index is 12.7. The third-order valence-corrected chi connectivity index (χ3v) is 4.71. The van der Waals surface area contributed by atoms with E-state index in [1.54, 1.807) is 25.2 Å². The first kappa shape index (κ1) is 17.7. The molecular weight excluding hydrogens is 284 g/mol. The van der Waals surface area contributed by atoms with Crippen LogP contribution in [0.2, 0.25) is 0 Å². The minimum atomic E-state index is -3.56. The highest BCUT2D eigenvalue weighted by Gasteiger charge is 2.27. The van der Waals surface area contributed by atoms with Gasteiger partial charge in [-0.05, 0) is 30.0 Å². The smallest absolute Gasteiger partial charge is 0.244 e. The first-order valence-corrected chi connectivity index (χ1v) is 8.28. The zero-order valence-electron chi connectivity index (χ0n) is 13.4. The summed E-state index contributed by atoms with van der Waals surface area (Å²) in [5, 5.41) is 0. The lowest BCUT2D eigenvalue weighted by Crippen LogP contribution is -2.34. The van der Waals surface area contributed by atoms with Gasteiger partial charge in [0, 0.05) is 19.2 Å². The Balaban J connectivity index is 3.31. The molecule has 1 aromatic rings. The third kappa shape index (κ3) is 4.85. The molecule has 0 radical (unpaired) electrons. The van der Waals surface area contributed by atoms with Crippen LogP contribution in [0.3, 0.4) is 0 Å². The van der Waals surface area contributed by atoms with Crippen LogP contribution in [0.1, 0.15) is 31.9 Å². The predicted molar refractivity (Wildman–Crippen MR) is 86.4 cm³/mol. The van der Waals surface area contributed by atoms with Gasteiger partial charge in [-0.1, -0.05) is 38.7 Å². The average Bonchev–Trinajstić information content (AvgIpc) is 2.34. The number of benzene rings is 1. The molecule has 0 saturated heterocycles. The Kier molecular flexibility index (Phi) is 5.57. The quantitative estimate of drug-likeness (QED) is 0.868. The standard InChI is InChI=1S/C16H24N2O2S/c1-13-8-9-15(14(11-13)7-6-10-17)21(19,20)18(5)12-16(2,3)4/h8-9,11H,10,12,17H2,1-5H3. The fourth-order valence-electron chi connectivity index (χ4n) is 2.03. The van der Waals surface area contributed by atoms with E-state index in [0.717, 1.165) is 5.56 Å². The molecule has 0 aliphatic carbocycles. The van der Waals surface area contributed by atoms with Crippen molar-refractivity contribution in [3.8, 4) is 11.8 Å². The van der Waals surface area contributed by atoms with Crippen molar-refractivity contribution >= 4 is 10.0 Å². The zero-order chi connectivity index (χ0) is 16.3. The van der Waals surface area contributed by atoms with Gasteiger partial charge in [-0.3, -0.25) is 0 Å². The molecule has 0 unspecified atom stereocenters. The molecule has 0 bridgehead atoms. The van der Waals surface area contributed by atoms with Crippen molar-refractivity contribution in [1.82, 2.24) is 4.31 Å². The molecule has 1 rings (SSSR count). The molecule has 116 valence electrons. The molecule has 21 heavy (non-hydrogen) atoms. The van der Waals surface area contributed by atoms with Gasteiger partial charge in [-0.15, -0.1) is 0 Å². The van der Waals surface area contributed by atoms with Crippen molar-refractivity contribution in [1.29, 1.82) is 0 Å². The van der Waals surface area contributed by atoms with Gasteiger partial charge in [-0.25, -0.2) is 12.7 Å². The number of nitrogens with zero attached hydrogens (tertiary/aromatic N) is 1. The molecule has 2 N–H and O–H groups in total. The van der Waals surface area contributed by atoms with Gasteiger partial charge >= 0.3 is 0 Å². The van der Waals surface area contributed by atoms with Gasteiger partial charge in [0.25, 0.3) is 0 Å². The molecule has 1 aromatic carbocycles. The number of hydrogen-bond donors (Lipinski definition) is 1. The fraction of sp³-hybridized carbons (Fsp3) is 0.500. The Morgan fingerprint density at radius 1 is 1.29 bits per heavy atom. The highest BCUT2D eigenvalue weighted by molar-refractivity contribution is 7.89. The second-order valence-corrected chi connectivity index (χ2v) is 8.34. The van der Waals surface area contributed by atoms with Gasteiger partial charge in [0.15, 0.2) is 0 Å². The molecule has 0 aliphatic heterocycles. The van der Waals surface area contributed by atoms with Gasteiger partial charge in [0.2, 0.25) is 10.0 Å². The number of nitrogens with two attached hydrogens (primary N) is 1. The van der Waals surface area contributed by atoms with E-state index in [9.17, 15) is 8.42 Å². The van der Waals surface area contributed by atoms with Crippen LogP contribution < -0.4 is 5.73 Å². The number of aryl methyl sites for hydroxylation is 1. The Labute approximate surface area is 128 Å². The minimum Gasteiger partial charge on any atom is -0.320 e. The zero-order valence-corrected chi connectivity index (χ0v) is 14.2. The van der Waals surface area contributed by atoms with Crippen LogP contribution in [-0.4, -0.2) is 32.9 Å². The summed E-state index contributed by atoms with van der Waals surface area (Å²) in [6.07, 6.45) is 0. The second-order valence-electron chi connectivity index (χ2n) is 6.33. The first-order valence-electron chi connectivity index (χ1n) is 6.84. The van der Waals surface area contributed by atoms with Crippen molar-refractivity contribution in [3.05, 3.63) is 29.3 Å². The molecule has 0 spiro atoms. The highest BCUT2D eigenvalue weighted by atomic mass is 32.2. The summed E-state index contributed by atoms with van der Waals surface area (Å²) in [4.78, 5) is 0.237. The number of hydrogen-bond acceptors (Lipinski definition) is 3. The number of rotatable bonds is 3. The normalized spacial score (nSPS) is 12.1. The highest BCUT2D eigenvalue weighted by Crippen LogP contribution is 2.23. The molecule has 5 heteroatoms. The van der Waals surface area contributed by atoms with Gasteiger partial charge in [-0.2, -0.15) is 0 Å². The van der Waals surface area contributed by atoms with Crippen LogP contribution in [0.15, 0.2) is 23.1 Å². The first-order chi connectivity index (χ1) is 9.58. The van der Waals surface area contributed by atoms with Crippen molar-refractivity contribution in [2.75, 3.05) is 20.1 Å². The van der Waals surface area contributed by atoms with Crippen LogP contribution in [0.5, 0.6) is 0 Å². The monoisotopic (exact) mass is 308 g/mol. The second kappa shape index (κ2) is 6.61. The SMILES string of the molecule is Cc1ccc(S(=O)(=O)N(C)CC(C)(C)C)c(C#CCN)c1. The van der Waals surface area contributed by atoms with Crippen LogP contribution in [-0.2, 0) is 10.0 Å². The number of sulfonamides is 1. The van der Waals surface area contributed by atoms with Crippen molar-refractivity contribution in [2.24, 2.45) is 11.1 Å². The van der Waals surface area contributed by atoms with Crippen LogP contribution in [0.25, 0.3) is 0 Å². The average molecular weight is 308 g/mol. The Hall–Kier alpha value is -1.35. The summed E-state index contributed by atoms with van der Waals surface area (Å²) in [7, 11) is -1.96. The van der Waals surface area contributed by atoms with E-state index in [-0.39, 0.29) is 16.9 Å². The van der Waals surface area contributed by atoms with Crippen LogP contribution in [0, 0.1) is 24.2 Å². The van der Waals surface area contributed by atoms with Crippen molar-refractivity contribution < 1.29 is 8.42 Å². The largest absolute Gasteiger partial charge is 0.320 e. The molecule has 0 aromatic heterocycles. The van der Waals surface area contributed by atoms with Gasteiger partial charge < -0.3 is 5.73 Å². The molecule has 0 heterocycles. The van der Waals surface area contributed by atoms with Crippen LogP contribution in [0.4, 0.5) is 0 Å². The predicted octanol–water partition coefficient (Wildman–Crippen LogP) is 1.97. The van der Waals surface area contributed by atoms with E-state index >= 15 is 0 Å². The van der Waals surface area contributed by atoms with E-state index in [4.69, 9.17) is 5.73 Å². The molecule has 0 amide bonds. The Bertz CT molecular complexity index is 662. The maximum atomic E-state index is 12.7. The summed E-state index contributed by atoms with van der Waals surface area (Å²) in [6.45, 7) is 8.55. The van der Waals surface area contributed by atoms with E-state index < -0.39 is 10.0 Å². The van der Waals surface area contributed by atoms with E-state index in [1.807, 2.05) is 27.7 Å². The van der Waals surface area contributed by atoms with Gasteiger partial charge in [0.05, 0.1) is 11.4 Å². The fourth-order valence-corrected chi connectivity index (χ4v) is 3.55.